The predicted molar refractivity (Wildman–Crippen MR) is 176 cm³/mol. The number of pyridine rings is 1. The van der Waals surface area contributed by atoms with Gasteiger partial charge in [-0.15, -0.1) is 0 Å². The summed E-state index contributed by atoms with van der Waals surface area (Å²) in [5.41, 5.74) is 19.4. The summed E-state index contributed by atoms with van der Waals surface area (Å²) in [6.07, 6.45) is 0. The zero-order valence-electron chi connectivity index (χ0n) is 24.6. The summed E-state index contributed by atoms with van der Waals surface area (Å²) in [5, 5.41) is 0. The minimum absolute atomic E-state index is 0.283. The van der Waals surface area contributed by atoms with Gasteiger partial charge in [0.2, 0.25) is 0 Å². The van der Waals surface area contributed by atoms with Crippen LogP contribution in [0, 0.1) is 19.7 Å². The van der Waals surface area contributed by atoms with Crippen LogP contribution in [0.25, 0.3) is 55.9 Å². The zero-order chi connectivity index (χ0) is 29.9. The van der Waals surface area contributed by atoms with Gasteiger partial charge in [-0.1, -0.05) is 65.7 Å². The molecule has 0 unspecified atom stereocenters. The Bertz CT molecular complexity index is 1880. The van der Waals surface area contributed by atoms with E-state index in [9.17, 15) is 4.39 Å². The van der Waals surface area contributed by atoms with Crippen molar-refractivity contribution in [1.29, 1.82) is 0 Å². The SMILES string of the molecule is CCOc1ccc(-c2cc(-c3ccc(N)c(-c4ccc(C)cc4)c3-c3ccc(C)cc3)cc(-c3ccc(F)cc3)n2)cc1. The third kappa shape index (κ3) is 5.91. The largest absolute Gasteiger partial charge is 0.494 e. The smallest absolute Gasteiger partial charge is 0.123 e. The molecule has 0 aliphatic rings. The average molecular weight is 565 g/mol. The molecule has 6 rings (SSSR count). The molecule has 3 nitrogen and oxygen atoms in total. The third-order valence-electron chi connectivity index (χ3n) is 7.66. The first-order chi connectivity index (χ1) is 20.9. The number of nitrogen functional groups attached to an aromatic ring is 1. The van der Waals surface area contributed by atoms with E-state index in [2.05, 4.69) is 80.6 Å². The second-order valence-corrected chi connectivity index (χ2v) is 10.8. The number of anilines is 1. The minimum Gasteiger partial charge on any atom is -0.494 e. The maximum Gasteiger partial charge on any atom is 0.123 e. The minimum atomic E-state index is -0.283. The fourth-order valence-corrected chi connectivity index (χ4v) is 5.40. The van der Waals surface area contributed by atoms with Crippen molar-refractivity contribution in [1.82, 2.24) is 4.98 Å². The number of aromatic nitrogens is 1. The summed E-state index contributed by atoms with van der Waals surface area (Å²) in [5.74, 6) is 0.527. The highest BCUT2D eigenvalue weighted by molar-refractivity contribution is 6.00. The Hall–Kier alpha value is -5.22. The molecular formula is C39H33FN2O. The van der Waals surface area contributed by atoms with Gasteiger partial charge in [0.25, 0.3) is 0 Å². The summed E-state index contributed by atoms with van der Waals surface area (Å²) >= 11 is 0. The fourth-order valence-electron chi connectivity index (χ4n) is 5.40. The van der Waals surface area contributed by atoms with Crippen LogP contribution in [-0.2, 0) is 0 Å². The van der Waals surface area contributed by atoms with Crippen molar-refractivity contribution in [3.05, 3.63) is 138 Å². The molecule has 212 valence electrons. The van der Waals surface area contributed by atoms with Gasteiger partial charge < -0.3 is 10.5 Å². The van der Waals surface area contributed by atoms with Gasteiger partial charge in [-0.05, 0) is 115 Å². The van der Waals surface area contributed by atoms with Gasteiger partial charge in [-0.3, -0.25) is 0 Å². The molecule has 0 saturated carbocycles. The molecule has 4 heteroatoms. The van der Waals surface area contributed by atoms with Crippen LogP contribution in [0.1, 0.15) is 18.1 Å². The monoisotopic (exact) mass is 564 g/mol. The Kier molecular flexibility index (Phi) is 7.76. The lowest BCUT2D eigenvalue weighted by Crippen LogP contribution is -1.98. The number of halogens is 1. The molecule has 1 aromatic heterocycles. The van der Waals surface area contributed by atoms with Gasteiger partial charge in [-0.25, -0.2) is 9.37 Å². The molecule has 0 saturated heterocycles. The average Bonchev–Trinajstić information content (AvgIpc) is 3.02. The second-order valence-electron chi connectivity index (χ2n) is 10.8. The first kappa shape index (κ1) is 27.9. The molecular weight excluding hydrogens is 531 g/mol. The lowest BCUT2D eigenvalue weighted by atomic mass is 9.85. The van der Waals surface area contributed by atoms with Gasteiger partial charge >= 0.3 is 0 Å². The Morgan fingerprint density at radius 1 is 0.581 bits per heavy atom. The summed E-state index contributed by atoms with van der Waals surface area (Å²) in [7, 11) is 0. The molecule has 0 atom stereocenters. The van der Waals surface area contributed by atoms with Gasteiger partial charge in [0.15, 0.2) is 0 Å². The van der Waals surface area contributed by atoms with Crippen molar-refractivity contribution in [3.8, 4) is 61.6 Å². The first-order valence-electron chi connectivity index (χ1n) is 14.5. The number of benzene rings is 5. The molecule has 1 heterocycles. The number of nitrogens with zero attached hydrogens (tertiary/aromatic N) is 1. The van der Waals surface area contributed by atoms with Crippen LogP contribution < -0.4 is 10.5 Å². The summed E-state index contributed by atoms with van der Waals surface area (Å²) < 4.78 is 19.6. The van der Waals surface area contributed by atoms with Crippen molar-refractivity contribution < 1.29 is 9.13 Å². The molecule has 0 radical (unpaired) electrons. The summed E-state index contributed by atoms with van der Waals surface area (Å²) in [6, 6.07) is 39.8. The predicted octanol–water partition coefficient (Wildman–Crippen LogP) is 10.2. The zero-order valence-corrected chi connectivity index (χ0v) is 24.6. The standard InChI is InChI=1S/C39H33FN2O/c1-4-43-33-19-15-28(16-20-33)37-24-31(23-36(42-37)27-13-17-32(40)18-14-27)34-21-22-35(41)39(30-11-7-26(3)8-12-30)38(34)29-9-5-25(2)6-10-29/h5-24H,4,41H2,1-3H3. The van der Waals surface area contributed by atoms with Crippen LogP contribution in [0.4, 0.5) is 10.1 Å². The summed E-state index contributed by atoms with van der Waals surface area (Å²) in [4.78, 5) is 5.04. The molecule has 5 aromatic carbocycles. The van der Waals surface area contributed by atoms with E-state index in [4.69, 9.17) is 15.5 Å². The molecule has 0 spiro atoms. The second kappa shape index (κ2) is 11.9. The molecule has 2 N–H and O–H groups in total. The van der Waals surface area contributed by atoms with E-state index < -0.39 is 0 Å². The van der Waals surface area contributed by atoms with Crippen LogP contribution in [0.15, 0.2) is 121 Å². The third-order valence-corrected chi connectivity index (χ3v) is 7.66. The molecule has 0 aliphatic heterocycles. The Morgan fingerprint density at radius 2 is 1.07 bits per heavy atom. The number of rotatable bonds is 7. The topological polar surface area (TPSA) is 48.1 Å². The number of hydrogen-bond acceptors (Lipinski definition) is 3. The van der Waals surface area contributed by atoms with Crippen LogP contribution in [0.2, 0.25) is 0 Å². The van der Waals surface area contributed by atoms with Gasteiger partial charge in [0.05, 0.1) is 18.0 Å². The number of hydrogen-bond donors (Lipinski definition) is 1. The Balaban J connectivity index is 1.62. The number of ether oxygens (including phenoxy) is 1. The maximum atomic E-state index is 13.9. The van der Waals surface area contributed by atoms with Crippen molar-refractivity contribution in [3.63, 3.8) is 0 Å². The Labute approximate surface area is 252 Å². The Morgan fingerprint density at radius 3 is 1.60 bits per heavy atom. The lowest BCUT2D eigenvalue weighted by molar-refractivity contribution is 0.340. The lowest BCUT2D eigenvalue weighted by Gasteiger charge is -2.20. The quantitative estimate of drug-likeness (QED) is 0.196. The van der Waals surface area contributed by atoms with Gasteiger partial charge in [0.1, 0.15) is 11.6 Å². The van der Waals surface area contributed by atoms with E-state index in [0.29, 0.717) is 12.3 Å². The highest BCUT2D eigenvalue weighted by atomic mass is 19.1. The van der Waals surface area contributed by atoms with E-state index in [0.717, 1.165) is 61.6 Å². The number of nitrogens with two attached hydrogens (primary N) is 1. The fraction of sp³-hybridized carbons (Fsp3) is 0.103. The molecule has 43 heavy (non-hydrogen) atoms. The van der Waals surface area contributed by atoms with Crippen LogP contribution >= 0.6 is 0 Å². The normalized spacial score (nSPS) is 11.0. The molecule has 0 amide bonds. The van der Waals surface area contributed by atoms with E-state index in [1.807, 2.05) is 37.3 Å². The van der Waals surface area contributed by atoms with E-state index in [1.54, 1.807) is 12.1 Å². The molecule has 6 aromatic rings. The van der Waals surface area contributed by atoms with Gasteiger partial charge in [-0.2, -0.15) is 0 Å². The van der Waals surface area contributed by atoms with Crippen molar-refractivity contribution in [2.75, 3.05) is 12.3 Å². The highest BCUT2D eigenvalue weighted by Crippen LogP contribution is 2.44. The van der Waals surface area contributed by atoms with E-state index >= 15 is 0 Å². The first-order valence-corrected chi connectivity index (χ1v) is 14.5. The maximum absolute atomic E-state index is 13.9. The van der Waals surface area contributed by atoms with Gasteiger partial charge in [0, 0.05) is 22.4 Å². The van der Waals surface area contributed by atoms with E-state index in [1.165, 1.54) is 23.3 Å². The summed E-state index contributed by atoms with van der Waals surface area (Å²) in [6.45, 7) is 6.74. The van der Waals surface area contributed by atoms with E-state index in [-0.39, 0.29) is 5.82 Å². The highest BCUT2D eigenvalue weighted by Gasteiger charge is 2.19. The van der Waals surface area contributed by atoms with Crippen LogP contribution in [-0.4, -0.2) is 11.6 Å². The van der Waals surface area contributed by atoms with Crippen LogP contribution in [0.3, 0.4) is 0 Å². The molecule has 0 bridgehead atoms. The van der Waals surface area contributed by atoms with Crippen molar-refractivity contribution >= 4 is 5.69 Å². The van der Waals surface area contributed by atoms with Crippen molar-refractivity contribution in [2.24, 2.45) is 0 Å². The molecule has 0 fully saturated rings. The molecule has 0 aliphatic carbocycles. The van der Waals surface area contributed by atoms with Crippen molar-refractivity contribution in [2.45, 2.75) is 20.8 Å². The number of aryl methyl sites for hydroxylation is 2. The van der Waals surface area contributed by atoms with Crippen LogP contribution in [0.5, 0.6) is 5.75 Å².